The van der Waals surface area contributed by atoms with Gasteiger partial charge in [-0.25, -0.2) is 0 Å². The van der Waals surface area contributed by atoms with Crippen LogP contribution >= 0.6 is 0 Å². The third-order valence-electron chi connectivity index (χ3n) is 5.23. The quantitative estimate of drug-likeness (QED) is 0.418. The van der Waals surface area contributed by atoms with E-state index in [4.69, 9.17) is 9.26 Å². The van der Waals surface area contributed by atoms with Crippen LogP contribution in [-0.4, -0.2) is 23.3 Å². The molecule has 0 bridgehead atoms. The lowest BCUT2D eigenvalue weighted by Crippen LogP contribution is -2.13. The number of benzene rings is 2. The van der Waals surface area contributed by atoms with Gasteiger partial charge in [0.1, 0.15) is 12.4 Å². The van der Waals surface area contributed by atoms with Crippen molar-refractivity contribution in [3.05, 3.63) is 71.1 Å². The zero-order valence-corrected chi connectivity index (χ0v) is 17.6. The van der Waals surface area contributed by atoms with E-state index < -0.39 is 29.2 Å². The van der Waals surface area contributed by atoms with Crippen LogP contribution in [-0.2, 0) is 12.4 Å². The average Bonchev–Trinajstić information content (AvgIpc) is 3.48. The smallest absolute Gasteiger partial charge is 0.419 e. The molecule has 0 spiro atoms. The van der Waals surface area contributed by atoms with Crippen LogP contribution in [0.3, 0.4) is 0 Å². The Morgan fingerprint density at radius 1 is 1.03 bits per heavy atom. The van der Waals surface area contributed by atoms with Crippen molar-refractivity contribution in [2.75, 3.05) is 13.2 Å². The molecule has 1 atom stereocenters. The SMILES string of the molecule is FC(F)(F)c1ccc(/C=C\COc2ccc(-c3noc([C@@H]4CCCN4)n3)cc2C(F)(F)F)cc1. The van der Waals surface area contributed by atoms with Crippen LogP contribution in [0.4, 0.5) is 26.3 Å². The monoisotopic (exact) mass is 483 g/mol. The van der Waals surface area contributed by atoms with Crippen molar-refractivity contribution in [2.45, 2.75) is 31.2 Å². The van der Waals surface area contributed by atoms with Crippen molar-refractivity contribution >= 4 is 6.08 Å². The van der Waals surface area contributed by atoms with E-state index in [1.807, 2.05) is 0 Å². The van der Waals surface area contributed by atoms with Crippen molar-refractivity contribution < 1.29 is 35.6 Å². The first-order chi connectivity index (χ1) is 16.1. The lowest BCUT2D eigenvalue weighted by atomic mass is 10.1. The molecule has 1 fully saturated rings. The fourth-order valence-corrected chi connectivity index (χ4v) is 3.51. The molecule has 180 valence electrons. The lowest BCUT2D eigenvalue weighted by Gasteiger charge is -2.14. The van der Waals surface area contributed by atoms with Crippen molar-refractivity contribution in [2.24, 2.45) is 0 Å². The summed E-state index contributed by atoms with van der Waals surface area (Å²) in [6, 6.07) is 7.73. The zero-order valence-electron chi connectivity index (χ0n) is 17.6. The van der Waals surface area contributed by atoms with Gasteiger partial charge in [-0.05, 0) is 61.4 Å². The highest BCUT2D eigenvalue weighted by Crippen LogP contribution is 2.38. The molecule has 1 aliphatic heterocycles. The van der Waals surface area contributed by atoms with Crippen molar-refractivity contribution in [3.8, 4) is 17.1 Å². The minimum absolute atomic E-state index is 0.0444. The Balaban J connectivity index is 1.46. The van der Waals surface area contributed by atoms with Crippen LogP contribution in [0.15, 0.2) is 53.1 Å². The van der Waals surface area contributed by atoms with Gasteiger partial charge in [0, 0.05) is 5.56 Å². The van der Waals surface area contributed by atoms with Crippen molar-refractivity contribution in [1.29, 1.82) is 0 Å². The topological polar surface area (TPSA) is 60.2 Å². The summed E-state index contributed by atoms with van der Waals surface area (Å²) in [5, 5.41) is 6.98. The summed E-state index contributed by atoms with van der Waals surface area (Å²) in [7, 11) is 0. The van der Waals surface area contributed by atoms with Gasteiger partial charge in [-0.1, -0.05) is 23.4 Å². The van der Waals surface area contributed by atoms with E-state index in [2.05, 4.69) is 15.5 Å². The highest BCUT2D eigenvalue weighted by atomic mass is 19.4. The Morgan fingerprint density at radius 3 is 2.44 bits per heavy atom. The number of nitrogens with zero attached hydrogens (tertiary/aromatic N) is 2. The van der Waals surface area contributed by atoms with Crippen LogP contribution in [0, 0.1) is 0 Å². The molecule has 0 aliphatic carbocycles. The molecule has 34 heavy (non-hydrogen) atoms. The first kappa shape index (κ1) is 23.8. The van der Waals surface area contributed by atoms with E-state index in [-0.39, 0.29) is 24.0 Å². The fourth-order valence-electron chi connectivity index (χ4n) is 3.51. The number of nitrogens with one attached hydrogen (secondary N) is 1. The summed E-state index contributed by atoms with van der Waals surface area (Å²) in [6.07, 6.45) is -4.51. The zero-order chi connectivity index (χ0) is 24.3. The van der Waals surface area contributed by atoms with Gasteiger partial charge in [-0.15, -0.1) is 0 Å². The summed E-state index contributed by atoms with van der Waals surface area (Å²) in [6.45, 7) is 0.586. The first-order valence-electron chi connectivity index (χ1n) is 10.4. The lowest BCUT2D eigenvalue weighted by molar-refractivity contribution is -0.139. The Kier molecular flexibility index (Phi) is 6.65. The molecular formula is C23H19F6N3O2. The van der Waals surface area contributed by atoms with E-state index in [0.717, 1.165) is 37.6 Å². The summed E-state index contributed by atoms with van der Waals surface area (Å²) in [5.74, 6) is -0.0211. The maximum atomic E-state index is 13.6. The molecule has 1 aliphatic rings. The molecule has 0 saturated carbocycles. The largest absolute Gasteiger partial charge is 0.489 e. The summed E-state index contributed by atoms with van der Waals surface area (Å²) >= 11 is 0. The van der Waals surface area contributed by atoms with Gasteiger partial charge in [-0.3, -0.25) is 0 Å². The predicted molar refractivity (Wildman–Crippen MR) is 111 cm³/mol. The molecule has 3 aromatic rings. The van der Waals surface area contributed by atoms with E-state index >= 15 is 0 Å². The molecule has 0 unspecified atom stereocenters. The Hall–Kier alpha value is -3.34. The molecule has 5 nitrogen and oxygen atoms in total. The second-order valence-corrected chi connectivity index (χ2v) is 7.65. The Morgan fingerprint density at radius 2 is 1.79 bits per heavy atom. The van der Waals surface area contributed by atoms with Crippen molar-refractivity contribution in [3.63, 3.8) is 0 Å². The second kappa shape index (κ2) is 9.49. The average molecular weight is 483 g/mol. The van der Waals surface area contributed by atoms with Crippen LogP contribution in [0.5, 0.6) is 5.75 Å². The molecule has 11 heteroatoms. The molecule has 2 aromatic carbocycles. The number of halogens is 6. The van der Waals surface area contributed by atoms with Gasteiger partial charge >= 0.3 is 12.4 Å². The van der Waals surface area contributed by atoms with Gasteiger partial charge in [0.25, 0.3) is 0 Å². The van der Waals surface area contributed by atoms with E-state index in [1.165, 1.54) is 36.4 Å². The van der Waals surface area contributed by atoms with E-state index in [1.54, 1.807) is 0 Å². The molecule has 2 heterocycles. The molecule has 0 radical (unpaired) electrons. The van der Waals surface area contributed by atoms with Gasteiger partial charge < -0.3 is 14.6 Å². The Bertz CT molecular complexity index is 1150. The molecule has 1 N–H and O–H groups in total. The number of hydrogen-bond donors (Lipinski definition) is 1. The number of ether oxygens (including phenoxy) is 1. The van der Waals surface area contributed by atoms with E-state index in [9.17, 15) is 26.3 Å². The third-order valence-corrected chi connectivity index (χ3v) is 5.23. The van der Waals surface area contributed by atoms with Crippen molar-refractivity contribution in [1.82, 2.24) is 15.5 Å². The standard InChI is InChI=1S/C23H19F6N3O2/c24-22(25,26)16-8-5-14(6-9-16)3-2-12-33-19-10-7-15(13-17(19)23(27,28)29)20-31-21(34-32-20)18-4-1-11-30-18/h2-3,5-10,13,18,30H,1,4,11-12H2/b3-2-/t18-/m0/s1. The third kappa shape index (κ3) is 5.58. The number of alkyl halides is 6. The van der Waals surface area contributed by atoms with Crippen LogP contribution in [0.2, 0.25) is 0 Å². The minimum Gasteiger partial charge on any atom is -0.489 e. The highest BCUT2D eigenvalue weighted by Gasteiger charge is 2.35. The number of rotatable bonds is 6. The van der Waals surface area contributed by atoms with Gasteiger partial charge in [0.05, 0.1) is 17.2 Å². The molecule has 1 saturated heterocycles. The second-order valence-electron chi connectivity index (χ2n) is 7.65. The predicted octanol–water partition coefficient (Wildman–Crippen LogP) is 6.29. The summed E-state index contributed by atoms with van der Waals surface area (Å²) in [4.78, 5) is 4.22. The van der Waals surface area contributed by atoms with Crippen LogP contribution < -0.4 is 10.1 Å². The fraction of sp³-hybridized carbons (Fsp3) is 0.304. The molecule has 0 amide bonds. The van der Waals surface area contributed by atoms with Gasteiger partial charge in [0.15, 0.2) is 0 Å². The maximum Gasteiger partial charge on any atom is 0.419 e. The van der Waals surface area contributed by atoms with Crippen LogP contribution in [0.1, 0.15) is 41.5 Å². The summed E-state index contributed by atoms with van der Waals surface area (Å²) in [5.41, 5.74) is -1.21. The normalized spacial score (nSPS) is 16.9. The van der Waals surface area contributed by atoms with E-state index in [0.29, 0.717) is 11.5 Å². The highest BCUT2D eigenvalue weighted by molar-refractivity contribution is 5.59. The van der Waals surface area contributed by atoms with Gasteiger partial charge in [0.2, 0.25) is 11.7 Å². The van der Waals surface area contributed by atoms with Crippen LogP contribution in [0.25, 0.3) is 17.5 Å². The summed E-state index contributed by atoms with van der Waals surface area (Å²) < 4.78 is 89.2. The molecular weight excluding hydrogens is 464 g/mol. The first-order valence-corrected chi connectivity index (χ1v) is 10.4. The number of aromatic nitrogens is 2. The molecule has 4 rings (SSSR count). The maximum absolute atomic E-state index is 13.6. The molecule has 1 aromatic heterocycles. The number of hydrogen-bond acceptors (Lipinski definition) is 5. The minimum atomic E-state index is -4.69. The van der Waals surface area contributed by atoms with Gasteiger partial charge in [-0.2, -0.15) is 31.3 Å². The Labute approximate surface area is 190 Å².